The second-order valence-corrected chi connectivity index (χ2v) is 6.33. The fourth-order valence-electron chi connectivity index (χ4n) is 3.81. The van der Waals surface area contributed by atoms with Crippen molar-refractivity contribution in [2.45, 2.75) is 12.3 Å². The molecule has 0 aliphatic heterocycles. The number of aromatic nitrogens is 1. The summed E-state index contributed by atoms with van der Waals surface area (Å²) in [7, 11) is 0. The van der Waals surface area contributed by atoms with Crippen LogP contribution in [0.3, 0.4) is 0 Å². The Morgan fingerprint density at radius 1 is 1.38 bits per heavy atom. The average Bonchev–Trinajstić information content (AvgIpc) is 3.11. The minimum Gasteiger partial charge on any atom is -0.352 e. The molecule has 1 saturated carbocycles. The first-order chi connectivity index (χ1) is 11.6. The maximum atomic E-state index is 12.2. The Labute approximate surface area is 136 Å². The van der Waals surface area contributed by atoms with E-state index >= 15 is 0 Å². The predicted octanol–water partition coefficient (Wildman–Crippen LogP) is 1.60. The molecule has 3 atom stereocenters. The molecule has 1 amide bonds. The number of nitro groups is 1. The normalized spacial score (nSPS) is 23.2. The van der Waals surface area contributed by atoms with Crippen LogP contribution in [0.5, 0.6) is 0 Å². The van der Waals surface area contributed by atoms with Crippen molar-refractivity contribution in [1.82, 2.24) is 10.3 Å². The van der Waals surface area contributed by atoms with Crippen molar-refractivity contribution in [1.29, 1.82) is 0 Å². The molecule has 4 rings (SSSR count). The van der Waals surface area contributed by atoms with Crippen molar-refractivity contribution in [3.8, 4) is 0 Å². The molecule has 0 radical (unpaired) electrons. The molecule has 2 aliphatic rings. The number of amides is 1. The van der Waals surface area contributed by atoms with Crippen molar-refractivity contribution in [2.24, 2.45) is 11.8 Å². The second kappa shape index (κ2) is 5.30. The highest BCUT2D eigenvalue weighted by Crippen LogP contribution is 2.60. The highest BCUT2D eigenvalue weighted by molar-refractivity contribution is 5.94. The van der Waals surface area contributed by atoms with Crippen LogP contribution in [0, 0.1) is 22.0 Å². The number of H-pyrrole nitrogens is 1. The number of pyridine rings is 1. The standard InChI is InChI=1S/C17H15N3O4/c21-16(10-6-14(20(23)24)17(22)18-7-10)19-8-13-12-5-9-3-1-2-4-11(9)15(12)13/h1-4,6-7,12-13,15H,5,8H2,(H,18,22)(H,19,21). The molecule has 7 heteroatoms. The summed E-state index contributed by atoms with van der Waals surface area (Å²) in [6.45, 7) is 0.537. The molecule has 0 bridgehead atoms. The molecule has 0 saturated heterocycles. The Morgan fingerprint density at radius 2 is 2.17 bits per heavy atom. The van der Waals surface area contributed by atoms with Crippen molar-refractivity contribution in [3.05, 3.63) is 73.7 Å². The van der Waals surface area contributed by atoms with Gasteiger partial charge in [0.2, 0.25) is 0 Å². The van der Waals surface area contributed by atoms with Crippen LogP contribution in [0.1, 0.15) is 27.4 Å². The smallest absolute Gasteiger partial charge is 0.334 e. The summed E-state index contributed by atoms with van der Waals surface area (Å²) in [5, 5.41) is 13.6. The molecule has 1 aromatic carbocycles. The second-order valence-electron chi connectivity index (χ2n) is 6.33. The van der Waals surface area contributed by atoms with Gasteiger partial charge in [0.25, 0.3) is 5.91 Å². The lowest BCUT2D eigenvalue weighted by molar-refractivity contribution is -0.386. The minimum absolute atomic E-state index is 0.0903. The lowest BCUT2D eigenvalue weighted by Crippen LogP contribution is -2.27. The molecule has 1 heterocycles. The molecule has 2 aromatic rings. The van der Waals surface area contributed by atoms with E-state index in [2.05, 4.69) is 22.4 Å². The van der Waals surface area contributed by atoms with E-state index in [0.717, 1.165) is 12.5 Å². The van der Waals surface area contributed by atoms with E-state index < -0.39 is 22.1 Å². The number of fused-ring (bicyclic) bond motifs is 3. The third kappa shape index (κ3) is 2.29. The Balaban J connectivity index is 1.42. The Bertz CT molecular complexity index is 905. The molecule has 1 fully saturated rings. The van der Waals surface area contributed by atoms with Crippen LogP contribution < -0.4 is 10.9 Å². The topological polar surface area (TPSA) is 105 Å². The van der Waals surface area contributed by atoms with Gasteiger partial charge in [-0.05, 0) is 35.3 Å². The summed E-state index contributed by atoms with van der Waals surface area (Å²) in [4.78, 5) is 35.7. The summed E-state index contributed by atoms with van der Waals surface area (Å²) < 4.78 is 0. The number of carbonyl (C=O) groups is 1. The number of hydrogen-bond acceptors (Lipinski definition) is 4. The fraction of sp³-hybridized carbons (Fsp3) is 0.294. The van der Waals surface area contributed by atoms with E-state index in [4.69, 9.17) is 0 Å². The van der Waals surface area contributed by atoms with Gasteiger partial charge < -0.3 is 10.3 Å². The first kappa shape index (κ1) is 14.6. The quantitative estimate of drug-likeness (QED) is 0.658. The third-order valence-electron chi connectivity index (χ3n) is 5.04. The molecule has 122 valence electrons. The van der Waals surface area contributed by atoms with E-state index in [9.17, 15) is 19.7 Å². The highest BCUT2D eigenvalue weighted by Gasteiger charge is 2.54. The Hall–Kier alpha value is -2.96. The lowest BCUT2D eigenvalue weighted by atomic mass is 10.0. The van der Waals surface area contributed by atoms with Crippen LogP contribution in [0.15, 0.2) is 41.3 Å². The molecule has 7 nitrogen and oxygen atoms in total. The first-order valence-electron chi connectivity index (χ1n) is 7.79. The van der Waals surface area contributed by atoms with Crippen LogP contribution in [0.25, 0.3) is 0 Å². The van der Waals surface area contributed by atoms with E-state index in [1.54, 1.807) is 0 Å². The van der Waals surface area contributed by atoms with Crippen LogP contribution in [-0.4, -0.2) is 22.4 Å². The van der Waals surface area contributed by atoms with E-state index in [1.807, 2.05) is 12.1 Å². The van der Waals surface area contributed by atoms with Gasteiger partial charge in [-0.1, -0.05) is 24.3 Å². The van der Waals surface area contributed by atoms with Crippen LogP contribution >= 0.6 is 0 Å². The van der Waals surface area contributed by atoms with Gasteiger partial charge in [0.15, 0.2) is 0 Å². The van der Waals surface area contributed by atoms with Gasteiger partial charge in [-0.3, -0.25) is 19.7 Å². The maximum Gasteiger partial charge on any atom is 0.334 e. The van der Waals surface area contributed by atoms with Gasteiger partial charge in [-0.25, -0.2) is 0 Å². The number of aromatic amines is 1. The molecular weight excluding hydrogens is 310 g/mol. The van der Waals surface area contributed by atoms with Gasteiger partial charge in [0.05, 0.1) is 10.5 Å². The number of nitrogens with one attached hydrogen (secondary N) is 2. The number of carbonyl (C=O) groups excluding carboxylic acids is 1. The summed E-state index contributed by atoms with van der Waals surface area (Å²) in [6, 6.07) is 9.39. The number of benzene rings is 1. The van der Waals surface area contributed by atoms with Gasteiger partial charge in [0.1, 0.15) is 0 Å². The molecule has 2 aliphatic carbocycles. The average molecular weight is 325 g/mol. The van der Waals surface area contributed by atoms with E-state index in [-0.39, 0.29) is 5.56 Å². The molecule has 1 aromatic heterocycles. The number of rotatable bonds is 4. The third-order valence-corrected chi connectivity index (χ3v) is 5.04. The van der Waals surface area contributed by atoms with Crippen LogP contribution in [0.4, 0.5) is 5.69 Å². The Morgan fingerprint density at radius 3 is 2.96 bits per heavy atom. The fourth-order valence-corrected chi connectivity index (χ4v) is 3.81. The van der Waals surface area contributed by atoms with Crippen molar-refractivity contribution in [3.63, 3.8) is 0 Å². The van der Waals surface area contributed by atoms with Crippen molar-refractivity contribution >= 4 is 11.6 Å². The zero-order valence-corrected chi connectivity index (χ0v) is 12.7. The van der Waals surface area contributed by atoms with Gasteiger partial charge in [-0.2, -0.15) is 0 Å². The van der Waals surface area contributed by atoms with Crippen molar-refractivity contribution in [2.75, 3.05) is 6.54 Å². The van der Waals surface area contributed by atoms with Crippen LogP contribution in [-0.2, 0) is 6.42 Å². The van der Waals surface area contributed by atoms with E-state index in [1.165, 1.54) is 17.3 Å². The zero-order valence-electron chi connectivity index (χ0n) is 12.7. The molecule has 3 unspecified atom stereocenters. The van der Waals surface area contributed by atoms with Gasteiger partial charge in [-0.15, -0.1) is 0 Å². The minimum atomic E-state index is -0.815. The van der Waals surface area contributed by atoms with Gasteiger partial charge in [0, 0.05) is 18.8 Å². The van der Waals surface area contributed by atoms with Crippen LogP contribution in [0.2, 0.25) is 0 Å². The first-order valence-corrected chi connectivity index (χ1v) is 7.79. The van der Waals surface area contributed by atoms with Crippen molar-refractivity contribution < 1.29 is 9.72 Å². The SMILES string of the molecule is O=C(NCC1C2Cc3ccccc3C12)c1c[nH]c(=O)c([N+](=O)[O-])c1. The predicted molar refractivity (Wildman–Crippen MR) is 85.9 cm³/mol. The highest BCUT2D eigenvalue weighted by atomic mass is 16.6. The number of hydrogen-bond donors (Lipinski definition) is 2. The summed E-state index contributed by atoms with van der Waals surface area (Å²) >= 11 is 0. The summed E-state index contributed by atoms with van der Waals surface area (Å²) in [6.07, 6.45) is 2.25. The largest absolute Gasteiger partial charge is 0.352 e. The summed E-state index contributed by atoms with van der Waals surface area (Å²) in [5.74, 6) is 1.09. The monoisotopic (exact) mass is 325 g/mol. The maximum absolute atomic E-state index is 12.2. The summed E-state index contributed by atoms with van der Waals surface area (Å²) in [5.41, 5.74) is 1.42. The van der Waals surface area contributed by atoms with E-state index in [0.29, 0.717) is 24.3 Å². The van der Waals surface area contributed by atoms with Gasteiger partial charge >= 0.3 is 11.2 Å². The molecule has 0 spiro atoms. The number of nitrogens with zero attached hydrogens (tertiary/aromatic N) is 1. The lowest BCUT2D eigenvalue weighted by Gasteiger charge is -2.09. The molecular formula is C17H15N3O4. The molecule has 2 N–H and O–H groups in total. The Kier molecular flexibility index (Phi) is 3.23. The zero-order chi connectivity index (χ0) is 16.8. The molecule has 24 heavy (non-hydrogen) atoms.